The lowest BCUT2D eigenvalue weighted by molar-refractivity contribution is 0.472. The summed E-state index contributed by atoms with van der Waals surface area (Å²) in [6, 6.07) is 57.4. The Labute approximate surface area is 485 Å². The third-order valence-corrected chi connectivity index (χ3v) is 18.6. The highest BCUT2D eigenvalue weighted by molar-refractivity contribution is 7.02. The smallest absolute Gasteiger partial charge is 0.256 e. The molecule has 0 N–H and O–H groups in total. The van der Waals surface area contributed by atoms with Crippen LogP contribution in [0.2, 0.25) is 0 Å². The minimum atomic E-state index is -0.156. The molecule has 9 aromatic carbocycles. The number of hydrogen-bond acceptors (Lipinski definition) is 2. The second-order valence-corrected chi connectivity index (χ2v) is 27.2. The van der Waals surface area contributed by atoms with Gasteiger partial charge >= 0.3 is 0 Å². The summed E-state index contributed by atoms with van der Waals surface area (Å²) in [5.41, 5.74) is 27.6. The Kier molecular flexibility index (Phi) is 11.8. The lowest BCUT2D eigenvalue weighted by atomic mass is 9.31. The van der Waals surface area contributed by atoms with E-state index in [1.54, 1.807) is 0 Å². The maximum atomic E-state index is 7.93. The van der Waals surface area contributed by atoms with Crippen molar-refractivity contribution in [2.75, 3.05) is 0 Å². The summed E-state index contributed by atoms with van der Waals surface area (Å²) >= 11 is 0. The molecule has 0 radical (unpaired) electrons. The Morgan fingerprint density at radius 2 is 0.695 bits per heavy atom. The summed E-state index contributed by atoms with van der Waals surface area (Å²) in [7, 11) is 0. The molecule has 0 saturated heterocycles. The van der Waals surface area contributed by atoms with Crippen LogP contribution in [-0.2, 0) is 25.7 Å². The van der Waals surface area contributed by atoms with Crippen LogP contribution in [0.15, 0.2) is 146 Å². The molecule has 2 aromatic heterocycles. The quantitative estimate of drug-likeness (QED) is 0.114. The first-order valence-corrected chi connectivity index (χ1v) is 30.8. The number of nitrogens with zero attached hydrogens (tertiary/aromatic N) is 2. The third-order valence-electron chi connectivity index (χ3n) is 18.6. The molecule has 0 aliphatic carbocycles. The molecule has 0 saturated carbocycles. The highest BCUT2D eigenvalue weighted by Crippen LogP contribution is 2.49. The number of ether oxygens (including phenoxy) is 2. The Morgan fingerprint density at radius 1 is 0.341 bits per heavy atom. The van der Waals surface area contributed by atoms with Crippen molar-refractivity contribution in [2.45, 2.75) is 121 Å². The maximum absolute atomic E-state index is 7.93. The molecule has 0 bridgehead atoms. The second kappa shape index (κ2) is 18.9. The highest BCUT2D eigenvalue weighted by atomic mass is 16.5. The average Bonchev–Trinajstić information content (AvgIpc) is 1.29. The van der Waals surface area contributed by atoms with Crippen LogP contribution in [0.5, 0.6) is 23.0 Å². The topological polar surface area (TPSA) is 28.3 Å². The molecule has 0 amide bonds. The lowest BCUT2D eigenvalue weighted by Crippen LogP contribution is -2.63. The Morgan fingerprint density at radius 3 is 1.06 bits per heavy atom. The van der Waals surface area contributed by atoms with Gasteiger partial charge < -0.3 is 18.6 Å². The van der Waals surface area contributed by atoms with Crippen LogP contribution in [0, 0.1) is 23.7 Å². The highest BCUT2D eigenvalue weighted by Gasteiger charge is 2.51. The van der Waals surface area contributed by atoms with E-state index in [9.17, 15) is 0 Å². The Balaban J connectivity index is 1.10. The van der Waals surface area contributed by atoms with Crippen molar-refractivity contribution in [2.24, 2.45) is 23.7 Å². The summed E-state index contributed by atoms with van der Waals surface area (Å²) in [4.78, 5) is 0. The number of hydrogen-bond donors (Lipinski definition) is 0. The van der Waals surface area contributed by atoms with Gasteiger partial charge in [0.25, 0.3) is 13.4 Å². The van der Waals surface area contributed by atoms with Crippen molar-refractivity contribution >= 4 is 89.8 Å². The zero-order valence-corrected chi connectivity index (χ0v) is 50.0. The molecule has 82 heavy (non-hydrogen) atoms. The third kappa shape index (κ3) is 7.86. The van der Waals surface area contributed by atoms with Gasteiger partial charge in [0.1, 0.15) is 23.0 Å². The number of aromatic nitrogens is 2. The van der Waals surface area contributed by atoms with E-state index >= 15 is 0 Å². The maximum Gasteiger partial charge on any atom is 0.256 e. The van der Waals surface area contributed by atoms with Crippen LogP contribution in [0.3, 0.4) is 0 Å². The van der Waals surface area contributed by atoms with Crippen LogP contribution >= 0.6 is 0 Å². The van der Waals surface area contributed by atoms with Gasteiger partial charge in [-0.25, -0.2) is 0 Å². The van der Waals surface area contributed by atoms with E-state index in [2.05, 4.69) is 238 Å². The first-order chi connectivity index (χ1) is 39.6. The SMILES string of the molecule is CC(C)Cc1ccc2c(c1)c1cc(CC(C)C)cc3c1n2-c1c2c4c(c5c1B3c1cc(-c3ccc(C(C)C)cc3)ccc1O5)-n1c3ccc(CC(C)C)cc3c3cc(CC(C)C)cc(c31)B4c1cc(-c3ccc(C(C)C)cc3)ccc1O2. The second-order valence-electron chi connectivity index (χ2n) is 27.2. The largest absolute Gasteiger partial charge is 0.456 e. The van der Waals surface area contributed by atoms with E-state index in [1.165, 1.54) is 132 Å². The summed E-state index contributed by atoms with van der Waals surface area (Å²) in [6.45, 7) is 27.6. The molecule has 15 rings (SSSR count). The summed E-state index contributed by atoms with van der Waals surface area (Å²) in [6.07, 6.45) is 4.02. The normalized spacial score (nSPS) is 13.6. The fourth-order valence-electron chi connectivity index (χ4n) is 15.1. The number of benzene rings is 9. The van der Waals surface area contributed by atoms with E-state index in [-0.39, 0.29) is 13.4 Å². The minimum Gasteiger partial charge on any atom is -0.456 e. The zero-order chi connectivity index (χ0) is 56.3. The molecule has 0 fully saturated rings. The van der Waals surface area contributed by atoms with Gasteiger partial charge in [-0.1, -0.05) is 180 Å². The predicted octanol–water partition coefficient (Wildman–Crippen LogP) is 16.1. The van der Waals surface area contributed by atoms with Crippen molar-refractivity contribution in [1.82, 2.24) is 9.13 Å². The number of fused-ring (bicyclic) bond motifs is 16. The van der Waals surface area contributed by atoms with Crippen LogP contribution in [0.1, 0.15) is 128 Å². The van der Waals surface area contributed by atoms with Crippen molar-refractivity contribution < 1.29 is 9.47 Å². The standard InChI is InChI=1S/C76H74B2N2O2/c1-41(2)29-47-13-25-65-57(33-47)59-35-49(31-43(5)6)37-63-71(59)79(65)73-69-76(82-67-27-23-55(39-61(67)77(63)69)53-19-15-51(16-20-53)45(9)10)74-70-75(73)81-68-28-24-56(54-21-17-52(18-22-54)46(11)12)40-62(68)78(70)64-38-50(32-44(7)8)36-60-58-34-48(30-42(3)4)14-26-66(58)80(74)72(60)64/h13-28,33-46H,29-32H2,1-12H3. The molecule has 0 spiro atoms. The fourth-order valence-corrected chi connectivity index (χ4v) is 15.1. The first kappa shape index (κ1) is 51.2. The van der Waals surface area contributed by atoms with E-state index < -0.39 is 0 Å². The molecular formula is C76H74B2N2O2. The van der Waals surface area contributed by atoms with Crippen LogP contribution in [-0.4, -0.2) is 22.6 Å². The van der Waals surface area contributed by atoms with Crippen LogP contribution < -0.4 is 42.3 Å². The van der Waals surface area contributed by atoms with Crippen molar-refractivity contribution in [3.63, 3.8) is 0 Å². The van der Waals surface area contributed by atoms with Gasteiger partial charge in [0.2, 0.25) is 0 Å². The molecular weight excluding hydrogens is 994 g/mol. The molecule has 4 nitrogen and oxygen atoms in total. The molecule has 6 heteroatoms. The molecule has 0 unspecified atom stereocenters. The first-order valence-electron chi connectivity index (χ1n) is 30.8. The van der Waals surface area contributed by atoms with Gasteiger partial charge in [-0.15, -0.1) is 0 Å². The van der Waals surface area contributed by atoms with Gasteiger partial charge in [0.05, 0.1) is 22.4 Å². The van der Waals surface area contributed by atoms with Gasteiger partial charge in [-0.3, -0.25) is 0 Å². The molecule has 4 aliphatic heterocycles. The van der Waals surface area contributed by atoms with E-state index in [4.69, 9.17) is 9.47 Å². The van der Waals surface area contributed by atoms with Crippen LogP contribution in [0.25, 0.3) is 77.2 Å². The van der Waals surface area contributed by atoms with E-state index in [0.717, 1.165) is 60.1 Å². The van der Waals surface area contributed by atoms with E-state index in [0.29, 0.717) is 35.5 Å². The summed E-state index contributed by atoms with van der Waals surface area (Å²) in [5, 5.41) is 5.24. The fraction of sp³-hybridized carbons (Fsp3) is 0.289. The number of rotatable bonds is 12. The predicted molar refractivity (Wildman–Crippen MR) is 351 cm³/mol. The Bertz CT molecular complexity index is 4180. The van der Waals surface area contributed by atoms with Crippen LogP contribution in [0.4, 0.5) is 0 Å². The molecule has 11 aromatic rings. The minimum absolute atomic E-state index is 0.156. The van der Waals surface area contributed by atoms with E-state index in [1.807, 2.05) is 0 Å². The lowest BCUT2D eigenvalue weighted by Gasteiger charge is -2.41. The zero-order valence-electron chi connectivity index (χ0n) is 50.0. The molecule has 4 aliphatic rings. The monoisotopic (exact) mass is 1070 g/mol. The molecule has 6 heterocycles. The van der Waals surface area contributed by atoms with Crippen molar-refractivity contribution in [3.8, 4) is 56.6 Å². The van der Waals surface area contributed by atoms with Gasteiger partial charge in [0.15, 0.2) is 0 Å². The Hall–Kier alpha value is -7.69. The molecule has 406 valence electrons. The van der Waals surface area contributed by atoms with Gasteiger partial charge in [-0.2, -0.15) is 0 Å². The van der Waals surface area contributed by atoms with Crippen molar-refractivity contribution in [1.29, 1.82) is 0 Å². The van der Waals surface area contributed by atoms with Gasteiger partial charge in [-0.05, 0) is 187 Å². The van der Waals surface area contributed by atoms with Gasteiger partial charge in [0, 0.05) is 43.5 Å². The summed E-state index contributed by atoms with van der Waals surface area (Å²) in [5.74, 6) is 6.64. The summed E-state index contributed by atoms with van der Waals surface area (Å²) < 4.78 is 21.1. The van der Waals surface area contributed by atoms with Crippen molar-refractivity contribution in [3.05, 3.63) is 179 Å². The average molecular weight is 1070 g/mol. The molecule has 0 atom stereocenters.